The van der Waals surface area contributed by atoms with Crippen LogP contribution in [0.3, 0.4) is 0 Å². The van der Waals surface area contributed by atoms with Crippen LogP contribution in [0.2, 0.25) is 0 Å². The Kier molecular flexibility index (Phi) is 3.66. The minimum Gasteiger partial charge on any atom is -0.396 e. The van der Waals surface area contributed by atoms with E-state index >= 15 is 0 Å². The van der Waals surface area contributed by atoms with Crippen molar-refractivity contribution in [1.29, 1.82) is 0 Å². The fourth-order valence-corrected chi connectivity index (χ4v) is 2.07. The fourth-order valence-electron chi connectivity index (χ4n) is 1.74. The summed E-state index contributed by atoms with van der Waals surface area (Å²) in [7, 11) is 0. The molecule has 5 heteroatoms. The molecule has 0 saturated heterocycles. The number of aliphatic hydroxyl groups excluding tert-OH is 1. The van der Waals surface area contributed by atoms with Crippen LogP contribution < -0.4 is 5.32 Å². The highest BCUT2D eigenvalue weighted by Gasteiger charge is 2.41. The first-order chi connectivity index (χ1) is 7.63. The number of hydrogen-bond acceptors (Lipinski definition) is 3. The SMILES string of the molecule is CC(Cn1cc(Br)cn1)NCC1(CO)CC1. The van der Waals surface area contributed by atoms with Crippen molar-refractivity contribution in [3.63, 3.8) is 0 Å². The number of rotatable bonds is 6. The van der Waals surface area contributed by atoms with E-state index in [1.165, 1.54) is 0 Å². The summed E-state index contributed by atoms with van der Waals surface area (Å²) in [5, 5.41) is 16.9. The van der Waals surface area contributed by atoms with Crippen LogP contribution in [0.25, 0.3) is 0 Å². The van der Waals surface area contributed by atoms with Crippen molar-refractivity contribution >= 4 is 15.9 Å². The molecule has 1 aromatic rings. The maximum absolute atomic E-state index is 9.20. The number of halogens is 1. The zero-order valence-electron chi connectivity index (χ0n) is 9.49. The van der Waals surface area contributed by atoms with Gasteiger partial charge < -0.3 is 10.4 Å². The average molecular weight is 288 g/mol. The van der Waals surface area contributed by atoms with Crippen LogP contribution >= 0.6 is 15.9 Å². The molecule has 16 heavy (non-hydrogen) atoms. The first kappa shape index (κ1) is 12.1. The van der Waals surface area contributed by atoms with Crippen molar-refractivity contribution in [1.82, 2.24) is 15.1 Å². The van der Waals surface area contributed by atoms with Gasteiger partial charge >= 0.3 is 0 Å². The third-order valence-corrected chi connectivity index (χ3v) is 3.59. The number of nitrogens with one attached hydrogen (secondary N) is 1. The molecule has 0 radical (unpaired) electrons. The van der Waals surface area contributed by atoms with Gasteiger partial charge in [-0.1, -0.05) is 0 Å². The van der Waals surface area contributed by atoms with Gasteiger partial charge in [0.25, 0.3) is 0 Å². The van der Waals surface area contributed by atoms with Gasteiger partial charge in [-0.15, -0.1) is 0 Å². The van der Waals surface area contributed by atoms with E-state index in [-0.39, 0.29) is 5.41 Å². The second kappa shape index (κ2) is 4.85. The van der Waals surface area contributed by atoms with E-state index in [4.69, 9.17) is 0 Å². The Hall–Kier alpha value is -0.390. The van der Waals surface area contributed by atoms with Crippen LogP contribution in [0, 0.1) is 5.41 Å². The topological polar surface area (TPSA) is 50.1 Å². The molecular weight excluding hydrogens is 270 g/mol. The number of aromatic nitrogens is 2. The summed E-state index contributed by atoms with van der Waals surface area (Å²) in [5.41, 5.74) is 0.180. The van der Waals surface area contributed by atoms with Crippen LogP contribution in [0.5, 0.6) is 0 Å². The van der Waals surface area contributed by atoms with E-state index < -0.39 is 0 Å². The zero-order chi connectivity index (χ0) is 11.6. The maximum atomic E-state index is 9.20. The molecule has 1 atom stereocenters. The minimum atomic E-state index is 0.180. The summed E-state index contributed by atoms with van der Waals surface area (Å²) in [4.78, 5) is 0. The Labute approximate surface area is 104 Å². The van der Waals surface area contributed by atoms with Crippen LogP contribution in [0.15, 0.2) is 16.9 Å². The van der Waals surface area contributed by atoms with Gasteiger partial charge in [-0.25, -0.2) is 0 Å². The Morgan fingerprint density at radius 1 is 1.69 bits per heavy atom. The monoisotopic (exact) mass is 287 g/mol. The van der Waals surface area contributed by atoms with Gasteiger partial charge in [-0.2, -0.15) is 5.10 Å². The molecule has 1 fully saturated rings. The summed E-state index contributed by atoms with van der Waals surface area (Å²) >= 11 is 3.38. The quantitative estimate of drug-likeness (QED) is 0.832. The standard InChI is InChI=1S/C11H18BrN3O/c1-9(5-15-6-10(12)4-14-15)13-7-11(8-16)2-3-11/h4,6,9,13,16H,2-3,5,7-8H2,1H3. The van der Waals surface area contributed by atoms with E-state index in [0.717, 1.165) is 30.4 Å². The van der Waals surface area contributed by atoms with E-state index in [9.17, 15) is 5.11 Å². The lowest BCUT2D eigenvalue weighted by Crippen LogP contribution is -2.36. The van der Waals surface area contributed by atoms with E-state index in [1.807, 2.05) is 10.9 Å². The molecule has 0 amide bonds. The van der Waals surface area contributed by atoms with Gasteiger partial charge in [0, 0.05) is 30.8 Å². The highest BCUT2D eigenvalue weighted by molar-refractivity contribution is 9.10. The maximum Gasteiger partial charge on any atom is 0.0632 e. The fraction of sp³-hybridized carbons (Fsp3) is 0.727. The van der Waals surface area contributed by atoms with Gasteiger partial charge in [0.05, 0.1) is 17.2 Å². The van der Waals surface area contributed by atoms with Crippen LogP contribution in [0.1, 0.15) is 19.8 Å². The summed E-state index contributed by atoms with van der Waals surface area (Å²) in [6, 6.07) is 0.371. The summed E-state index contributed by atoms with van der Waals surface area (Å²) in [6.07, 6.45) is 6.06. The third-order valence-electron chi connectivity index (χ3n) is 3.18. The van der Waals surface area contributed by atoms with Crippen LogP contribution in [0.4, 0.5) is 0 Å². The predicted molar refractivity (Wildman–Crippen MR) is 66.1 cm³/mol. The molecule has 4 nitrogen and oxygen atoms in total. The molecule has 0 spiro atoms. The number of hydrogen-bond donors (Lipinski definition) is 2. The Morgan fingerprint density at radius 2 is 2.44 bits per heavy atom. The van der Waals surface area contributed by atoms with Gasteiger partial charge in [-0.05, 0) is 35.7 Å². The Bertz CT molecular complexity index is 349. The Balaban J connectivity index is 1.74. The first-order valence-electron chi connectivity index (χ1n) is 5.66. The van der Waals surface area contributed by atoms with Crippen LogP contribution in [-0.2, 0) is 6.54 Å². The van der Waals surface area contributed by atoms with Crippen molar-refractivity contribution in [2.75, 3.05) is 13.2 Å². The lowest BCUT2D eigenvalue weighted by molar-refractivity contribution is 0.203. The smallest absolute Gasteiger partial charge is 0.0632 e. The normalized spacial score (nSPS) is 19.7. The molecule has 0 aliphatic heterocycles. The second-order valence-electron chi connectivity index (χ2n) is 4.82. The predicted octanol–water partition coefficient (Wildman–Crippen LogP) is 1.40. The second-order valence-corrected chi connectivity index (χ2v) is 5.74. The Morgan fingerprint density at radius 3 is 2.94 bits per heavy atom. The van der Waals surface area contributed by atoms with Gasteiger partial charge in [-0.3, -0.25) is 4.68 Å². The minimum absolute atomic E-state index is 0.180. The molecule has 2 N–H and O–H groups in total. The summed E-state index contributed by atoms with van der Waals surface area (Å²) in [5.74, 6) is 0. The van der Waals surface area contributed by atoms with Gasteiger partial charge in [0.2, 0.25) is 0 Å². The highest BCUT2D eigenvalue weighted by Crippen LogP contribution is 2.44. The van der Waals surface area contributed by atoms with Crippen molar-refractivity contribution in [2.24, 2.45) is 5.41 Å². The summed E-state index contributed by atoms with van der Waals surface area (Å²) < 4.78 is 2.93. The van der Waals surface area contributed by atoms with Crippen molar-refractivity contribution in [3.05, 3.63) is 16.9 Å². The molecule has 1 aliphatic carbocycles. The summed E-state index contributed by atoms with van der Waals surface area (Å²) in [6.45, 7) is 4.21. The van der Waals surface area contributed by atoms with Crippen molar-refractivity contribution in [3.8, 4) is 0 Å². The first-order valence-corrected chi connectivity index (χ1v) is 6.45. The molecule has 2 rings (SSSR count). The van der Waals surface area contributed by atoms with E-state index in [0.29, 0.717) is 12.6 Å². The molecule has 0 bridgehead atoms. The number of nitrogens with zero attached hydrogens (tertiary/aromatic N) is 2. The van der Waals surface area contributed by atoms with Crippen LogP contribution in [-0.4, -0.2) is 34.1 Å². The third kappa shape index (κ3) is 3.06. The van der Waals surface area contributed by atoms with Gasteiger partial charge in [0.1, 0.15) is 0 Å². The number of aliphatic hydroxyl groups is 1. The zero-order valence-corrected chi connectivity index (χ0v) is 11.1. The average Bonchev–Trinajstić information content (AvgIpc) is 2.95. The molecule has 1 heterocycles. The molecule has 0 aromatic carbocycles. The lowest BCUT2D eigenvalue weighted by atomic mass is 10.1. The molecule has 1 aliphatic rings. The lowest BCUT2D eigenvalue weighted by Gasteiger charge is -2.18. The highest BCUT2D eigenvalue weighted by atomic mass is 79.9. The van der Waals surface area contributed by atoms with Crippen molar-refractivity contribution < 1.29 is 5.11 Å². The van der Waals surface area contributed by atoms with E-state index in [2.05, 4.69) is 33.3 Å². The molecule has 1 saturated carbocycles. The van der Waals surface area contributed by atoms with E-state index in [1.54, 1.807) is 6.20 Å². The molecule has 90 valence electrons. The van der Waals surface area contributed by atoms with Gasteiger partial charge in [0.15, 0.2) is 0 Å². The molecule has 1 unspecified atom stereocenters. The molecular formula is C11H18BrN3O. The molecule has 1 aromatic heterocycles. The largest absolute Gasteiger partial charge is 0.396 e. The van der Waals surface area contributed by atoms with Crippen molar-refractivity contribution in [2.45, 2.75) is 32.4 Å².